The van der Waals surface area contributed by atoms with E-state index in [4.69, 9.17) is 10.2 Å². The number of aliphatic carboxylic acids is 2. The maximum atomic E-state index is 11.9. The summed E-state index contributed by atoms with van der Waals surface area (Å²) in [7, 11) is -4.06. The van der Waals surface area contributed by atoms with E-state index in [1.165, 1.54) is 12.1 Å². The van der Waals surface area contributed by atoms with E-state index < -0.39 is 34.4 Å². The summed E-state index contributed by atoms with van der Waals surface area (Å²) in [5.74, 6) is -2.95. The summed E-state index contributed by atoms with van der Waals surface area (Å²) in [6.45, 7) is 1.77. The molecule has 0 aliphatic heterocycles. The van der Waals surface area contributed by atoms with Crippen molar-refractivity contribution in [3.05, 3.63) is 29.8 Å². The van der Waals surface area contributed by atoms with E-state index >= 15 is 0 Å². The third kappa shape index (κ3) is 5.59. The van der Waals surface area contributed by atoms with Gasteiger partial charge in [0.05, 0.1) is 11.3 Å². The molecule has 105 valence electrons. The molecule has 20 heavy (non-hydrogen) atoms. The molecule has 0 amide bonds. The first-order chi connectivity index (χ1) is 8.72. The summed E-state index contributed by atoms with van der Waals surface area (Å²) in [5.41, 5.74) is 0.847. The Bertz CT molecular complexity index is 583. The molecule has 0 aliphatic carbocycles. The normalized spacial score (nSPS) is 12.2. The molecule has 0 aromatic heterocycles. The zero-order valence-electron chi connectivity index (χ0n) is 11.0. The van der Waals surface area contributed by atoms with E-state index in [-0.39, 0.29) is 34.5 Å². The zero-order valence-corrected chi connectivity index (χ0v) is 13.8. The Hall–Kier alpha value is -0.930. The average molecular weight is 310 g/mol. The number of sulfonamides is 1. The van der Waals surface area contributed by atoms with Crippen molar-refractivity contribution in [3.8, 4) is 0 Å². The smallest absolute Gasteiger partial charge is 0.322 e. The summed E-state index contributed by atoms with van der Waals surface area (Å²) in [6.07, 6.45) is -0.833. The SMILES string of the molecule is Cc1ccc(S(=O)(=O)NC(CC(=O)O)C(=O)O)cc1.[Na]. The summed E-state index contributed by atoms with van der Waals surface area (Å²) < 4.78 is 25.6. The van der Waals surface area contributed by atoms with Crippen LogP contribution in [0.4, 0.5) is 0 Å². The Morgan fingerprint density at radius 2 is 1.70 bits per heavy atom. The predicted octanol–water partition coefficient (Wildman–Crippen LogP) is -0.180. The molecule has 1 rings (SSSR count). The molecule has 0 aliphatic rings. The van der Waals surface area contributed by atoms with Gasteiger partial charge in [-0.15, -0.1) is 0 Å². The number of aryl methyl sites for hydroxylation is 1. The van der Waals surface area contributed by atoms with Crippen LogP contribution in [-0.2, 0) is 19.6 Å². The van der Waals surface area contributed by atoms with Crippen LogP contribution < -0.4 is 4.72 Å². The first-order valence-corrected chi connectivity index (χ1v) is 6.74. The number of hydrogen-bond acceptors (Lipinski definition) is 4. The maximum Gasteiger partial charge on any atom is 0.322 e. The van der Waals surface area contributed by atoms with Gasteiger partial charge in [-0.05, 0) is 19.1 Å². The number of nitrogens with one attached hydrogen (secondary N) is 1. The maximum absolute atomic E-state index is 11.9. The summed E-state index contributed by atoms with van der Waals surface area (Å²) in [6, 6.07) is 4.04. The van der Waals surface area contributed by atoms with Gasteiger partial charge in [0.15, 0.2) is 0 Å². The van der Waals surface area contributed by atoms with Gasteiger partial charge in [-0.25, -0.2) is 8.42 Å². The van der Waals surface area contributed by atoms with Gasteiger partial charge in [0, 0.05) is 29.6 Å². The van der Waals surface area contributed by atoms with Crippen molar-refractivity contribution in [2.45, 2.75) is 24.3 Å². The third-order valence-corrected chi connectivity index (χ3v) is 3.79. The zero-order chi connectivity index (χ0) is 14.6. The van der Waals surface area contributed by atoms with Crippen molar-refractivity contribution in [2.24, 2.45) is 0 Å². The van der Waals surface area contributed by atoms with Crippen molar-refractivity contribution in [1.82, 2.24) is 4.72 Å². The van der Waals surface area contributed by atoms with Crippen LogP contribution in [0.2, 0.25) is 0 Å². The van der Waals surface area contributed by atoms with Gasteiger partial charge < -0.3 is 10.2 Å². The van der Waals surface area contributed by atoms with Crippen LogP contribution in [0, 0.1) is 6.92 Å². The van der Waals surface area contributed by atoms with Crippen molar-refractivity contribution >= 4 is 51.5 Å². The molecular formula is C11H13NNaO6S. The molecule has 1 aromatic carbocycles. The van der Waals surface area contributed by atoms with E-state index in [1.54, 1.807) is 19.1 Å². The molecule has 3 N–H and O–H groups in total. The van der Waals surface area contributed by atoms with E-state index in [2.05, 4.69) is 0 Å². The standard InChI is InChI=1S/C11H13NO6S.Na/c1-7-2-4-8(5-3-7)19(17,18)12-9(11(15)16)6-10(13)14;/h2-5,9,12H,6H2,1H3,(H,13,14)(H,15,16);. The van der Waals surface area contributed by atoms with E-state index in [0.717, 1.165) is 5.56 Å². The molecule has 0 fully saturated rings. The van der Waals surface area contributed by atoms with Gasteiger partial charge in [0.2, 0.25) is 10.0 Å². The van der Waals surface area contributed by atoms with Crippen molar-refractivity contribution in [1.29, 1.82) is 0 Å². The molecule has 1 atom stereocenters. The molecule has 7 nitrogen and oxygen atoms in total. The summed E-state index contributed by atoms with van der Waals surface area (Å²) >= 11 is 0. The Morgan fingerprint density at radius 1 is 1.20 bits per heavy atom. The first-order valence-electron chi connectivity index (χ1n) is 5.26. The number of rotatable bonds is 6. The van der Waals surface area contributed by atoms with Crippen LogP contribution in [0.3, 0.4) is 0 Å². The van der Waals surface area contributed by atoms with Gasteiger partial charge in [-0.1, -0.05) is 17.7 Å². The number of carboxylic acid groups (broad SMARTS) is 2. The Labute approximate surface area is 138 Å². The molecule has 1 radical (unpaired) electrons. The molecular weight excluding hydrogens is 297 g/mol. The van der Waals surface area contributed by atoms with Crippen LogP contribution in [0.15, 0.2) is 29.2 Å². The number of hydrogen-bond donors (Lipinski definition) is 3. The molecule has 0 bridgehead atoms. The fourth-order valence-corrected chi connectivity index (χ4v) is 2.52. The van der Waals surface area contributed by atoms with Crippen LogP contribution in [0.5, 0.6) is 0 Å². The number of carboxylic acids is 2. The van der Waals surface area contributed by atoms with Crippen LogP contribution in [0.1, 0.15) is 12.0 Å². The van der Waals surface area contributed by atoms with E-state index in [0.29, 0.717) is 0 Å². The van der Waals surface area contributed by atoms with Gasteiger partial charge in [0.1, 0.15) is 6.04 Å². The first kappa shape index (κ1) is 19.1. The molecule has 1 unspecified atom stereocenters. The quantitative estimate of drug-likeness (QED) is 0.627. The van der Waals surface area contributed by atoms with Crippen molar-refractivity contribution < 1.29 is 28.2 Å². The predicted molar refractivity (Wildman–Crippen MR) is 70.9 cm³/mol. The minimum absolute atomic E-state index is 0. The minimum atomic E-state index is -4.06. The van der Waals surface area contributed by atoms with Crippen LogP contribution >= 0.6 is 0 Å². The molecule has 0 spiro atoms. The fraction of sp³-hybridized carbons (Fsp3) is 0.273. The monoisotopic (exact) mass is 310 g/mol. The largest absolute Gasteiger partial charge is 0.481 e. The van der Waals surface area contributed by atoms with Crippen LogP contribution in [-0.4, -0.2) is 66.2 Å². The van der Waals surface area contributed by atoms with Gasteiger partial charge >= 0.3 is 11.9 Å². The second-order valence-corrected chi connectivity index (χ2v) is 5.64. The van der Waals surface area contributed by atoms with Gasteiger partial charge in [-0.3, -0.25) is 9.59 Å². The third-order valence-electron chi connectivity index (χ3n) is 2.31. The molecule has 0 heterocycles. The molecule has 0 saturated heterocycles. The van der Waals surface area contributed by atoms with Gasteiger partial charge in [-0.2, -0.15) is 4.72 Å². The fourth-order valence-electron chi connectivity index (χ4n) is 1.33. The van der Waals surface area contributed by atoms with E-state index in [1.807, 2.05) is 4.72 Å². The molecule has 9 heteroatoms. The second-order valence-electron chi connectivity index (χ2n) is 3.92. The topological polar surface area (TPSA) is 121 Å². The summed E-state index contributed by atoms with van der Waals surface area (Å²) in [5, 5.41) is 17.3. The van der Waals surface area contributed by atoms with Crippen molar-refractivity contribution in [2.75, 3.05) is 0 Å². The summed E-state index contributed by atoms with van der Waals surface area (Å²) in [4.78, 5) is 21.2. The Balaban J connectivity index is 0.00000361. The number of carbonyl (C=O) groups is 2. The Kier molecular flexibility index (Phi) is 7.39. The second kappa shape index (κ2) is 7.75. The molecule has 0 saturated carbocycles. The molecule has 1 aromatic rings. The number of benzene rings is 1. The average Bonchev–Trinajstić information content (AvgIpc) is 2.27. The van der Waals surface area contributed by atoms with Crippen molar-refractivity contribution in [3.63, 3.8) is 0 Å². The van der Waals surface area contributed by atoms with E-state index in [9.17, 15) is 18.0 Å². The van der Waals surface area contributed by atoms with Gasteiger partial charge in [0.25, 0.3) is 0 Å². The minimum Gasteiger partial charge on any atom is -0.481 e. The Morgan fingerprint density at radius 3 is 2.10 bits per heavy atom. The van der Waals surface area contributed by atoms with Crippen LogP contribution in [0.25, 0.3) is 0 Å².